The second-order valence-corrected chi connectivity index (χ2v) is 11.2. The first-order chi connectivity index (χ1) is 18.9. The van der Waals surface area contributed by atoms with Crippen LogP contribution < -0.4 is 9.64 Å². The van der Waals surface area contributed by atoms with E-state index in [9.17, 15) is 4.79 Å². The zero-order chi connectivity index (χ0) is 26.7. The number of rotatable bonds is 4. The summed E-state index contributed by atoms with van der Waals surface area (Å²) in [6.07, 6.45) is 1.87. The Morgan fingerprint density at radius 3 is 2.59 bits per heavy atom. The molecule has 2 saturated heterocycles. The van der Waals surface area contributed by atoms with E-state index in [4.69, 9.17) is 4.74 Å². The highest BCUT2D eigenvalue weighted by molar-refractivity contribution is 5.97. The van der Waals surface area contributed by atoms with Crippen molar-refractivity contribution in [1.29, 1.82) is 0 Å². The van der Waals surface area contributed by atoms with Gasteiger partial charge < -0.3 is 24.3 Å². The van der Waals surface area contributed by atoms with Crippen LogP contribution in [0.25, 0.3) is 33.4 Å². The van der Waals surface area contributed by atoms with Gasteiger partial charge in [0.15, 0.2) is 5.65 Å². The number of amides is 1. The molecule has 1 atom stereocenters. The number of anilines is 1. The molecule has 0 saturated carbocycles. The van der Waals surface area contributed by atoms with Gasteiger partial charge in [-0.25, -0.2) is 4.98 Å². The molecule has 39 heavy (non-hydrogen) atoms. The molecule has 2 fully saturated rings. The third-order valence-electron chi connectivity index (χ3n) is 8.43. The number of ether oxygens (including phenoxy) is 1. The van der Waals surface area contributed by atoms with Crippen LogP contribution in [-0.2, 0) is 0 Å². The van der Waals surface area contributed by atoms with Crippen molar-refractivity contribution in [2.24, 2.45) is 0 Å². The van der Waals surface area contributed by atoms with Gasteiger partial charge in [0.1, 0.15) is 12.4 Å². The Bertz CT molecular complexity index is 1540. The normalized spacial score (nSPS) is 19.5. The number of fused-ring (bicyclic) bond motifs is 4. The number of hydrogen-bond donors (Lipinski definition) is 1. The Labute approximate surface area is 228 Å². The number of hydrogen-bond acceptors (Lipinski definition) is 7. The number of carbonyl (C=O) groups excluding carboxylic acids is 1. The number of nitrogens with zero attached hydrogens (tertiary/aromatic N) is 6. The van der Waals surface area contributed by atoms with E-state index in [0.29, 0.717) is 29.9 Å². The van der Waals surface area contributed by atoms with Gasteiger partial charge in [0.2, 0.25) is 0 Å². The average molecular weight is 524 g/mol. The monoisotopic (exact) mass is 523 g/mol. The van der Waals surface area contributed by atoms with Gasteiger partial charge in [0.05, 0.1) is 17.4 Å². The summed E-state index contributed by atoms with van der Waals surface area (Å²) < 4.78 is 6.21. The number of aromatic nitrogens is 3. The van der Waals surface area contributed by atoms with Crippen LogP contribution >= 0.6 is 0 Å². The summed E-state index contributed by atoms with van der Waals surface area (Å²) in [5.74, 6) is 1.01. The first-order valence-electron chi connectivity index (χ1n) is 13.6. The maximum atomic E-state index is 12.9. The fourth-order valence-electron chi connectivity index (χ4n) is 5.89. The van der Waals surface area contributed by atoms with Crippen molar-refractivity contribution in [3.05, 3.63) is 60.3 Å². The fourth-order valence-corrected chi connectivity index (χ4v) is 5.89. The minimum Gasteiger partial charge on any atom is -0.489 e. The standard InChI is InChI=1S/C30H33N7O2/c1-34(2)23-16-36(17-23)30(38)20-6-4-19(5-7-20)28-25-12-22(14-31-29(25)33-32-28)21-8-9-26-27(13-21)39-18-24-15-35(3)10-11-37(24)26/h4-9,12-14,23-24H,10-11,15-18H2,1-3H3,(H,31,32,33). The second-order valence-electron chi connectivity index (χ2n) is 11.2. The lowest BCUT2D eigenvalue weighted by atomic mass is 10.0. The molecule has 9 nitrogen and oxygen atoms in total. The molecule has 4 aromatic rings. The minimum atomic E-state index is 0.0793. The summed E-state index contributed by atoms with van der Waals surface area (Å²) in [6.45, 7) is 5.35. The molecule has 0 aliphatic carbocycles. The molecular weight excluding hydrogens is 490 g/mol. The molecular formula is C30H33N7O2. The largest absolute Gasteiger partial charge is 0.489 e. The predicted molar refractivity (Wildman–Crippen MR) is 152 cm³/mol. The van der Waals surface area contributed by atoms with Crippen LogP contribution in [0, 0.1) is 0 Å². The van der Waals surface area contributed by atoms with Crippen LogP contribution in [0.5, 0.6) is 5.75 Å². The highest BCUT2D eigenvalue weighted by Crippen LogP contribution is 2.39. The smallest absolute Gasteiger partial charge is 0.253 e. The summed E-state index contributed by atoms with van der Waals surface area (Å²) in [7, 11) is 6.28. The maximum absolute atomic E-state index is 12.9. The zero-order valence-corrected chi connectivity index (χ0v) is 22.6. The Hall–Kier alpha value is -3.95. The van der Waals surface area contributed by atoms with Crippen LogP contribution in [0.3, 0.4) is 0 Å². The molecule has 5 heterocycles. The Kier molecular flexibility index (Phi) is 5.79. The predicted octanol–water partition coefficient (Wildman–Crippen LogP) is 3.19. The van der Waals surface area contributed by atoms with E-state index >= 15 is 0 Å². The summed E-state index contributed by atoms with van der Waals surface area (Å²) >= 11 is 0. The van der Waals surface area contributed by atoms with Crippen molar-refractivity contribution in [3.8, 4) is 28.1 Å². The Balaban J connectivity index is 1.14. The summed E-state index contributed by atoms with van der Waals surface area (Å²) in [5, 5.41) is 8.53. The number of likely N-dealkylation sites (N-methyl/N-ethyl adjacent to an activating group) is 2. The van der Waals surface area contributed by atoms with Gasteiger partial charge in [-0.2, -0.15) is 5.10 Å². The third kappa shape index (κ3) is 4.22. The van der Waals surface area contributed by atoms with Gasteiger partial charge in [-0.3, -0.25) is 9.89 Å². The van der Waals surface area contributed by atoms with Gasteiger partial charge >= 0.3 is 0 Å². The lowest BCUT2D eigenvalue weighted by molar-refractivity contribution is 0.0399. The number of pyridine rings is 1. The van der Waals surface area contributed by atoms with E-state index in [0.717, 1.165) is 66.2 Å². The van der Waals surface area contributed by atoms with Crippen molar-refractivity contribution in [2.45, 2.75) is 12.1 Å². The summed E-state index contributed by atoms with van der Waals surface area (Å²) in [5.41, 5.74) is 6.48. The molecule has 1 unspecified atom stereocenters. The van der Waals surface area contributed by atoms with E-state index < -0.39 is 0 Å². The summed E-state index contributed by atoms with van der Waals surface area (Å²) in [4.78, 5) is 26.4. The zero-order valence-electron chi connectivity index (χ0n) is 22.6. The van der Waals surface area contributed by atoms with Gasteiger partial charge in [-0.15, -0.1) is 0 Å². The minimum absolute atomic E-state index is 0.0793. The van der Waals surface area contributed by atoms with Gasteiger partial charge in [0.25, 0.3) is 5.91 Å². The molecule has 3 aliphatic rings. The molecule has 0 bridgehead atoms. The fraction of sp³-hybridized carbons (Fsp3) is 0.367. The molecule has 0 spiro atoms. The lowest BCUT2D eigenvalue weighted by Crippen LogP contribution is -2.59. The molecule has 9 heteroatoms. The second kappa shape index (κ2) is 9.36. The third-order valence-corrected chi connectivity index (χ3v) is 8.43. The number of piperazine rings is 1. The first-order valence-corrected chi connectivity index (χ1v) is 13.6. The average Bonchev–Trinajstić information content (AvgIpc) is 3.35. The van der Waals surface area contributed by atoms with Gasteiger partial charge in [0, 0.05) is 67.0 Å². The molecule has 200 valence electrons. The van der Waals surface area contributed by atoms with Crippen LogP contribution in [0.1, 0.15) is 10.4 Å². The molecule has 2 aromatic carbocycles. The summed E-state index contributed by atoms with van der Waals surface area (Å²) in [6, 6.07) is 17.2. The van der Waals surface area contributed by atoms with Crippen molar-refractivity contribution in [3.63, 3.8) is 0 Å². The number of aromatic amines is 1. The Morgan fingerprint density at radius 2 is 1.79 bits per heavy atom. The van der Waals surface area contributed by atoms with E-state index in [-0.39, 0.29) is 5.91 Å². The number of carbonyl (C=O) groups is 1. The quantitative estimate of drug-likeness (QED) is 0.440. The van der Waals surface area contributed by atoms with E-state index in [1.54, 1.807) is 0 Å². The molecule has 0 radical (unpaired) electrons. The van der Waals surface area contributed by atoms with Crippen molar-refractivity contribution in [1.82, 2.24) is 29.9 Å². The van der Waals surface area contributed by atoms with Crippen LogP contribution in [0.4, 0.5) is 5.69 Å². The SMILES string of the molecule is CN1CCN2c3ccc(-c4cnc5n[nH]c(-c6ccc(C(=O)N7CC(N(C)C)C7)cc6)c5c4)cc3OCC2C1. The lowest BCUT2D eigenvalue weighted by Gasteiger charge is -2.44. The van der Waals surface area contributed by atoms with E-state index in [1.807, 2.05) is 35.4 Å². The van der Waals surface area contributed by atoms with Crippen molar-refractivity contribution in [2.75, 3.05) is 65.4 Å². The maximum Gasteiger partial charge on any atom is 0.253 e. The molecule has 1 amide bonds. The highest BCUT2D eigenvalue weighted by atomic mass is 16.5. The molecule has 1 N–H and O–H groups in total. The number of nitrogens with one attached hydrogen (secondary N) is 1. The molecule has 7 rings (SSSR count). The van der Waals surface area contributed by atoms with E-state index in [2.05, 4.69) is 75.3 Å². The number of benzene rings is 2. The topological polar surface area (TPSA) is 80.8 Å². The van der Waals surface area contributed by atoms with Crippen LogP contribution in [0.15, 0.2) is 54.7 Å². The van der Waals surface area contributed by atoms with Crippen molar-refractivity contribution < 1.29 is 9.53 Å². The van der Waals surface area contributed by atoms with E-state index in [1.165, 1.54) is 5.69 Å². The van der Waals surface area contributed by atoms with Crippen LogP contribution in [0.2, 0.25) is 0 Å². The highest BCUT2D eigenvalue weighted by Gasteiger charge is 2.33. The first kappa shape index (κ1) is 24.1. The molecule has 3 aliphatic heterocycles. The number of likely N-dealkylation sites (tertiary alicyclic amines) is 1. The van der Waals surface area contributed by atoms with Gasteiger partial charge in [-0.1, -0.05) is 18.2 Å². The van der Waals surface area contributed by atoms with Crippen LogP contribution in [-0.4, -0.2) is 108 Å². The van der Waals surface area contributed by atoms with Gasteiger partial charge in [-0.05, 0) is 57.0 Å². The Morgan fingerprint density at radius 1 is 1.00 bits per heavy atom. The number of H-pyrrole nitrogens is 1. The molecule has 2 aromatic heterocycles. The van der Waals surface area contributed by atoms with Crippen molar-refractivity contribution >= 4 is 22.6 Å².